The number of ether oxygens (including phenoxy) is 1. The van der Waals surface area contributed by atoms with Gasteiger partial charge in [0.25, 0.3) is 11.8 Å². The normalized spacial score (nSPS) is 14.2. The molecule has 0 aliphatic heterocycles. The van der Waals surface area contributed by atoms with Crippen molar-refractivity contribution in [3.05, 3.63) is 106 Å². The molecule has 3 N–H and O–H groups in total. The van der Waals surface area contributed by atoms with Gasteiger partial charge in [-0.15, -0.1) is 0 Å². The summed E-state index contributed by atoms with van der Waals surface area (Å²) in [5.74, 6) is -3.93. The highest BCUT2D eigenvalue weighted by Crippen LogP contribution is 2.36. The van der Waals surface area contributed by atoms with Gasteiger partial charge >= 0.3 is 12.1 Å². The molecule has 0 saturated carbocycles. The highest BCUT2D eigenvalue weighted by atomic mass is 19.4. The maximum atomic E-state index is 14.5. The first-order valence-electron chi connectivity index (χ1n) is 13.3. The van der Waals surface area contributed by atoms with Crippen LogP contribution in [-0.4, -0.2) is 44.1 Å². The summed E-state index contributed by atoms with van der Waals surface area (Å²) in [4.78, 5) is 42.8. The SMILES string of the molecule is C=CCOC(=O)c1ccc2c(c1C)CC[C@@H]2NC(=O)c1cc(C(=O)NCc2ccc(O)c(C(F)(F)F)c2)nc2c(F)cnn12. The van der Waals surface area contributed by atoms with Gasteiger partial charge in [-0.3, -0.25) is 9.59 Å². The number of nitrogens with zero attached hydrogens (tertiary/aromatic N) is 3. The number of esters is 1. The molecule has 4 aromatic rings. The van der Waals surface area contributed by atoms with Gasteiger partial charge in [-0.25, -0.2) is 18.7 Å². The first kappa shape index (κ1) is 30.2. The number of alkyl halides is 3. The monoisotopic (exact) mass is 611 g/mol. The zero-order valence-corrected chi connectivity index (χ0v) is 23.2. The van der Waals surface area contributed by atoms with Crippen molar-refractivity contribution < 1.29 is 41.8 Å². The second kappa shape index (κ2) is 11.8. The van der Waals surface area contributed by atoms with Crippen LogP contribution in [0.4, 0.5) is 17.6 Å². The van der Waals surface area contributed by atoms with Crippen molar-refractivity contribution in [2.45, 2.75) is 38.5 Å². The van der Waals surface area contributed by atoms with Gasteiger partial charge in [-0.05, 0) is 60.2 Å². The lowest BCUT2D eigenvalue weighted by molar-refractivity contribution is -0.138. The number of rotatable bonds is 8. The number of aromatic nitrogens is 3. The minimum atomic E-state index is -4.81. The third-order valence-corrected chi connectivity index (χ3v) is 7.26. The number of hydrogen-bond donors (Lipinski definition) is 3. The molecule has 14 heteroatoms. The Labute approximate surface area is 247 Å². The van der Waals surface area contributed by atoms with Gasteiger partial charge in [-0.2, -0.15) is 18.3 Å². The molecule has 0 saturated heterocycles. The van der Waals surface area contributed by atoms with Crippen molar-refractivity contribution in [3.63, 3.8) is 0 Å². The lowest BCUT2D eigenvalue weighted by atomic mass is 9.98. The van der Waals surface area contributed by atoms with Gasteiger partial charge in [0.1, 0.15) is 23.7 Å². The van der Waals surface area contributed by atoms with E-state index in [1.54, 1.807) is 19.1 Å². The Balaban J connectivity index is 1.37. The van der Waals surface area contributed by atoms with Gasteiger partial charge in [0.05, 0.1) is 23.4 Å². The Morgan fingerprint density at radius 3 is 2.68 bits per heavy atom. The Morgan fingerprint density at radius 1 is 1.18 bits per heavy atom. The highest BCUT2D eigenvalue weighted by Gasteiger charge is 2.34. The van der Waals surface area contributed by atoms with E-state index in [-0.39, 0.29) is 30.1 Å². The molecule has 0 bridgehead atoms. The maximum absolute atomic E-state index is 14.5. The molecule has 0 spiro atoms. The van der Waals surface area contributed by atoms with E-state index in [1.165, 1.54) is 12.1 Å². The second-order valence-corrected chi connectivity index (χ2v) is 10.0. The van der Waals surface area contributed by atoms with Gasteiger partial charge in [0, 0.05) is 12.6 Å². The molecular formula is C30H25F4N5O5. The topological polar surface area (TPSA) is 135 Å². The summed E-state index contributed by atoms with van der Waals surface area (Å²) >= 11 is 0. The number of hydrogen-bond acceptors (Lipinski definition) is 7. The van der Waals surface area contributed by atoms with E-state index in [2.05, 4.69) is 27.3 Å². The average Bonchev–Trinajstić information content (AvgIpc) is 3.57. The van der Waals surface area contributed by atoms with E-state index < -0.39 is 52.8 Å². The van der Waals surface area contributed by atoms with Crippen LogP contribution in [0.25, 0.3) is 5.65 Å². The summed E-state index contributed by atoms with van der Waals surface area (Å²) in [6.07, 6.45) is -1.44. The van der Waals surface area contributed by atoms with E-state index >= 15 is 0 Å². The smallest absolute Gasteiger partial charge is 0.419 e. The van der Waals surface area contributed by atoms with Crippen molar-refractivity contribution in [2.24, 2.45) is 0 Å². The number of aromatic hydroxyl groups is 1. The summed E-state index contributed by atoms with van der Waals surface area (Å²) in [6, 6.07) is 6.73. The lowest BCUT2D eigenvalue weighted by Gasteiger charge is -2.16. The number of carbonyl (C=O) groups excluding carboxylic acids is 3. The summed E-state index contributed by atoms with van der Waals surface area (Å²) < 4.78 is 60.0. The van der Waals surface area contributed by atoms with Gasteiger partial charge in [0.2, 0.25) is 0 Å². The fourth-order valence-corrected chi connectivity index (χ4v) is 5.10. The van der Waals surface area contributed by atoms with E-state index in [0.29, 0.717) is 24.5 Å². The molecule has 5 rings (SSSR count). The minimum Gasteiger partial charge on any atom is -0.507 e. The molecule has 0 radical (unpaired) electrons. The molecule has 2 aromatic carbocycles. The fraction of sp³-hybridized carbons (Fsp3) is 0.233. The molecule has 2 aromatic heterocycles. The Hall–Kier alpha value is -5.27. The Morgan fingerprint density at radius 2 is 1.95 bits per heavy atom. The number of benzene rings is 2. The van der Waals surface area contributed by atoms with Crippen molar-refractivity contribution in [1.82, 2.24) is 25.2 Å². The number of phenolic OH excluding ortho intramolecular Hbond substituents is 1. The fourth-order valence-electron chi connectivity index (χ4n) is 5.10. The van der Waals surface area contributed by atoms with E-state index in [0.717, 1.165) is 39.5 Å². The van der Waals surface area contributed by atoms with E-state index in [9.17, 15) is 37.1 Å². The van der Waals surface area contributed by atoms with Crippen LogP contribution >= 0.6 is 0 Å². The summed E-state index contributed by atoms with van der Waals surface area (Å²) in [7, 11) is 0. The van der Waals surface area contributed by atoms with Gasteiger partial charge in [0.15, 0.2) is 11.5 Å². The molecule has 1 atom stereocenters. The lowest BCUT2D eigenvalue weighted by Crippen LogP contribution is -2.30. The summed E-state index contributed by atoms with van der Waals surface area (Å²) in [5, 5.41) is 18.7. The number of carbonyl (C=O) groups is 3. The second-order valence-electron chi connectivity index (χ2n) is 10.0. The van der Waals surface area contributed by atoms with Gasteiger partial charge in [-0.1, -0.05) is 24.8 Å². The quantitative estimate of drug-likeness (QED) is 0.151. The minimum absolute atomic E-state index is 0.0328. The van der Waals surface area contributed by atoms with Crippen LogP contribution in [0.15, 0.2) is 55.3 Å². The Bertz CT molecular complexity index is 1820. The number of nitrogens with one attached hydrogen (secondary N) is 2. The van der Waals surface area contributed by atoms with Crippen molar-refractivity contribution >= 4 is 23.4 Å². The summed E-state index contributed by atoms with van der Waals surface area (Å²) in [5.41, 5.74) is 0.584. The van der Waals surface area contributed by atoms with Crippen molar-refractivity contribution in [3.8, 4) is 5.75 Å². The third-order valence-electron chi connectivity index (χ3n) is 7.26. The maximum Gasteiger partial charge on any atom is 0.419 e. The zero-order chi connectivity index (χ0) is 31.8. The molecule has 0 fully saturated rings. The van der Waals surface area contributed by atoms with Gasteiger partial charge < -0.3 is 20.5 Å². The molecule has 1 aliphatic rings. The third kappa shape index (κ3) is 5.82. The van der Waals surface area contributed by atoms with E-state index in [4.69, 9.17) is 4.74 Å². The van der Waals surface area contributed by atoms with E-state index in [1.807, 2.05) is 0 Å². The molecule has 1 aliphatic carbocycles. The van der Waals surface area contributed by atoms with Crippen LogP contribution in [0.5, 0.6) is 5.75 Å². The molecule has 228 valence electrons. The Kier molecular flexibility index (Phi) is 8.09. The molecule has 2 heterocycles. The van der Waals surface area contributed by atoms with Crippen LogP contribution in [-0.2, 0) is 23.9 Å². The summed E-state index contributed by atoms with van der Waals surface area (Å²) in [6.45, 7) is 5.01. The molecule has 2 amide bonds. The molecule has 0 unspecified atom stereocenters. The predicted molar refractivity (Wildman–Crippen MR) is 147 cm³/mol. The first-order valence-corrected chi connectivity index (χ1v) is 13.3. The number of amides is 2. The number of fused-ring (bicyclic) bond motifs is 2. The molecule has 10 nitrogen and oxygen atoms in total. The van der Waals surface area contributed by atoms with Crippen LogP contribution < -0.4 is 10.6 Å². The van der Waals surface area contributed by atoms with Crippen LogP contribution in [0, 0.1) is 12.7 Å². The van der Waals surface area contributed by atoms with Crippen LogP contribution in [0.2, 0.25) is 0 Å². The molecule has 44 heavy (non-hydrogen) atoms. The first-order chi connectivity index (χ1) is 20.9. The largest absolute Gasteiger partial charge is 0.507 e. The highest BCUT2D eigenvalue weighted by molar-refractivity contribution is 5.98. The number of halogens is 4. The number of phenols is 1. The van der Waals surface area contributed by atoms with Crippen LogP contribution in [0.1, 0.15) is 71.6 Å². The predicted octanol–water partition coefficient (Wildman–Crippen LogP) is 4.59. The van der Waals surface area contributed by atoms with Crippen LogP contribution in [0.3, 0.4) is 0 Å². The molecular weight excluding hydrogens is 586 g/mol. The standard InChI is InChI=1S/C30H25F4N5O5/c1-3-10-44-29(43)18-5-6-19-17(15(18)2)7-8-22(19)38-28(42)24-12-23(37-26-21(31)14-36-39(24)26)27(41)35-13-16-4-9-25(40)20(11-16)30(32,33)34/h3-6,9,11-12,14,22,40H,1,7-8,10,13H2,2H3,(H,35,41)(H,38,42)/t22-/m0/s1. The van der Waals surface area contributed by atoms with Crippen molar-refractivity contribution in [2.75, 3.05) is 6.61 Å². The average molecular weight is 612 g/mol. The zero-order valence-electron chi connectivity index (χ0n) is 23.2. The van der Waals surface area contributed by atoms with Crippen molar-refractivity contribution in [1.29, 1.82) is 0 Å².